The molecule has 39 heavy (non-hydrogen) atoms. The number of halogens is 3. The summed E-state index contributed by atoms with van der Waals surface area (Å²) in [6.07, 6.45) is 0.689. The van der Waals surface area contributed by atoms with Crippen LogP contribution in [-0.2, 0) is 16.0 Å². The molecule has 1 aromatic heterocycles. The van der Waals surface area contributed by atoms with Crippen LogP contribution in [0.25, 0.3) is 10.9 Å². The fourth-order valence-electron chi connectivity index (χ4n) is 4.49. The second kappa shape index (κ2) is 11.0. The Morgan fingerprint density at radius 3 is 2.44 bits per heavy atom. The van der Waals surface area contributed by atoms with Crippen LogP contribution < -0.4 is 9.21 Å². The van der Waals surface area contributed by atoms with Gasteiger partial charge in [-0.3, -0.25) is 9.59 Å². The highest BCUT2D eigenvalue weighted by Crippen LogP contribution is 2.37. The number of aromatic nitrogens is 1. The number of rotatable bonds is 6. The first-order valence-corrected chi connectivity index (χ1v) is 14.2. The predicted octanol–water partition coefficient (Wildman–Crippen LogP) is 8.19. The van der Waals surface area contributed by atoms with Gasteiger partial charge in [0.25, 0.3) is 5.91 Å². The van der Waals surface area contributed by atoms with Crippen LogP contribution in [-0.4, -0.2) is 35.6 Å². The quantitative estimate of drug-likeness (QED) is 0.178. The SMILES string of the molecule is CC(C)(C)OC(=O)CN(Sc1cc(Cl)cc(Cl)c1)c1ccc2c(c1)CCN2C(=O)c1cc2cc(Cl)ccc2[nH]1. The molecule has 0 spiro atoms. The summed E-state index contributed by atoms with van der Waals surface area (Å²) in [5, 5.41) is 2.51. The van der Waals surface area contributed by atoms with Crippen LogP contribution in [0.1, 0.15) is 36.8 Å². The lowest BCUT2D eigenvalue weighted by molar-refractivity contribution is -0.152. The molecule has 4 aromatic rings. The molecule has 0 saturated heterocycles. The number of anilines is 2. The van der Waals surface area contributed by atoms with Gasteiger partial charge in [0.2, 0.25) is 0 Å². The topological polar surface area (TPSA) is 65.6 Å². The Labute approximate surface area is 246 Å². The van der Waals surface area contributed by atoms with Crippen molar-refractivity contribution in [3.05, 3.63) is 87.0 Å². The summed E-state index contributed by atoms with van der Waals surface area (Å²) in [5.74, 6) is -0.471. The van der Waals surface area contributed by atoms with Gasteiger partial charge in [0.1, 0.15) is 17.8 Å². The Kier molecular flexibility index (Phi) is 7.80. The van der Waals surface area contributed by atoms with E-state index in [1.165, 1.54) is 11.9 Å². The number of nitrogens with one attached hydrogen (secondary N) is 1. The van der Waals surface area contributed by atoms with Gasteiger partial charge < -0.3 is 18.9 Å². The second-order valence-corrected chi connectivity index (χ2v) is 12.7. The zero-order valence-corrected chi connectivity index (χ0v) is 24.6. The first kappa shape index (κ1) is 27.7. The number of carbonyl (C=O) groups excluding carboxylic acids is 2. The zero-order valence-electron chi connectivity index (χ0n) is 21.6. The number of benzene rings is 3. The van der Waals surface area contributed by atoms with E-state index in [2.05, 4.69) is 4.98 Å². The maximum Gasteiger partial charge on any atom is 0.327 e. The molecule has 1 amide bonds. The number of fused-ring (bicyclic) bond motifs is 2. The van der Waals surface area contributed by atoms with Crippen molar-refractivity contribution in [2.75, 3.05) is 22.3 Å². The van der Waals surface area contributed by atoms with E-state index in [1.54, 1.807) is 29.2 Å². The van der Waals surface area contributed by atoms with Gasteiger partial charge in [-0.1, -0.05) is 34.8 Å². The van der Waals surface area contributed by atoms with Gasteiger partial charge in [-0.2, -0.15) is 0 Å². The molecule has 0 atom stereocenters. The lowest BCUT2D eigenvalue weighted by Crippen LogP contribution is -2.31. The van der Waals surface area contributed by atoms with Crippen molar-refractivity contribution in [1.82, 2.24) is 4.98 Å². The van der Waals surface area contributed by atoms with E-state index in [0.29, 0.717) is 33.7 Å². The molecule has 5 rings (SSSR count). The summed E-state index contributed by atoms with van der Waals surface area (Å²) < 4.78 is 7.44. The van der Waals surface area contributed by atoms with Gasteiger partial charge >= 0.3 is 5.97 Å². The van der Waals surface area contributed by atoms with E-state index < -0.39 is 5.60 Å². The number of aromatic amines is 1. The first-order chi connectivity index (χ1) is 18.4. The van der Waals surface area contributed by atoms with E-state index in [-0.39, 0.29) is 18.4 Å². The number of ether oxygens (including phenoxy) is 1. The fourth-order valence-corrected chi connectivity index (χ4v) is 6.33. The number of nitrogens with zero attached hydrogens (tertiary/aromatic N) is 2. The van der Waals surface area contributed by atoms with Crippen LogP contribution in [0, 0.1) is 0 Å². The molecule has 0 unspecified atom stereocenters. The van der Waals surface area contributed by atoms with E-state index >= 15 is 0 Å². The summed E-state index contributed by atoms with van der Waals surface area (Å²) >= 11 is 19.9. The highest BCUT2D eigenvalue weighted by atomic mass is 35.5. The van der Waals surface area contributed by atoms with E-state index in [4.69, 9.17) is 39.5 Å². The van der Waals surface area contributed by atoms with Gasteiger partial charge in [0.15, 0.2) is 0 Å². The summed E-state index contributed by atoms with van der Waals surface area (Å²) in [7, 11) is 0. The van der Waals surface area contributed by atoms with Gasteiger partial charge in [-0.05, 0) is 105 Å². The number of hydrogen-bond acceptors (Lipinski definition) is 5. The van der Waals surface area contributed by atoms with Gasteiger partial charge in [-0.25, -0.2) is 0 Å². The number of esters is 1. The molecule has 3 aromatic carbocycles. The van der Waals surface area contributed by atoms with E-state index in [1.807, 2.05) is 61.5 Å². The minimum atomic E-state index is -0.612. The molecule has 1 aliphatic rings. The highest BCUT2D eigenvalue weighted by Gasteiger charge is 2.28. The van der Waals surface area contributed by atoms with Crippen molar-refractivity contribution in [1.29, 1.82) is 0 Å². The van der Waals surface area contributed by atoms with Crippen LogP contribution in [0.2, 0.25) is 15.1 Å². The number of hydrogen-bond donors (Lipinski definition) is 1. The third-order valence-corrected chi connectivity index (χ3v) is 7.73. The average Bonchev–Trinajstić information content (AvgIpc) is 3.45. The van der Waals surface area contributed by atoms with Crippen LogP contribution in [0.3, 0.4) is 0 Å². The molecule has 0 aliphatic carbocycles. The van der Waals surface area contributed by atoms with Gasteiger partial charge in [-0.15, -0.1) is 0 Å². The van der Waals surface area contributed by atoms with Crippen molar-refractivity contribution in [3.8, 4) is 0 Å². The van der Waals surface area contributed by atoms with Crippen LogP contribution in [0.4, 0.5) is 11.4 Å². The third kappa shape index (κ3) is 6.49. The minimum Gasteiger partial charge on any atom is -0.459 e. The fraction of sp³-hybridized carbons (Fsp3) is 0.241. The Balaban J connectivity index is 1.42. The number of H-pyrrole nitrogens is 1. The molecule has 10 heteroatoms. The van der Waals surface area contributed by atoms with Crippen LogP contribution >= 0.6 is 46.8 Å². The Bertz CT molecular complexity index is 1560. The Morgan fingerprint density at radius 2 is 1.72 bits per heavy atom. The van der Waals surface area contributed by atoms with E-state index in [9.17, 15) is 9.59 Å². The van der Waals surface area contributed by atoms with Crippen molar-refractivity contribution in [3.63, 3.8) is 0 Å². The largest absolute Gasteiger partial charge is 0.459 e. The normalized spacial score (nSPS) is 13.0. The average molecular weight is 603 g/mol. The Hall–Kier alpha value is -2.84. The Morgan fingerprint density at radius 1 is 0.974 bits per heavy atom. The van der Waals surface area contributed by atoms with Crippen molar-refractivity contribution in [2.24, 2.45) is 0 Å². The summed E-state index contributed by atoms with van der Waals surface area (Å²) in [6, 6.07) is 18.4. The lowest BCUT2D eigenvalue weighted by Gasteiger charge is -2.26. The summed E-state index contributed by atoms with van der Waals surface area (Å²) in [6.45, 7) is 6.06. The molecule has 202 valence electrons. The monoisotopic (exact) mass is 601 g/mol. The summed E-state index contributed by atoms with van der Waals surface area (Å²) in [5.41, 5.74) is 3.40. The van der Waals surface area contributed by atoms with Crippen molar-refractivity contribution in [2.45, 2.75) is 37.7 Å². The minimum absolute atomic E-state index is 0.00508. The lowest BCUT2D eigenvalue weighted by atomic mass is 10.1. The van der Waals surface area contributed by atoms with Crippen LogP contribution in [0.5, 0.6) is 0 Å². The number of carbonyl (C=O) groups is 2. The smallest absolute Gasteiger partial charge is 0.327 e. The second-order valence-electron chi connectivity index (χ2n) is 10.3. The van der Waals surface area contributed by atoms with Gasteiger partial charge in [0, 0.05) is 48.8 Å². The first-order valence-electron chi connectivity index (χ1n) is 12.3. The maximum atomic E-state index is 13.4. The molecule has 1 N–H and O–H groups in total. The summed E-state index contributed by atoms with van der Waals surface area (Å²) in [4.78, 5) is 32.0. The predicted molar refractivity (Wildman–Crippen MR) is 161 cm³/mol. The number of amides is 1. The molecule has 0 fully saturated rings. The maximum absolute atomic E-state index is 13.4. The van der Waals surface area contributed by atoms with E-state index in [0.717, 1.165) is 32.7 Å². The molecular formula is C29H26Cl3N3O3S. The standard InChI is InChI=1S/C29H26Cl3N3O3S/c1-29(2,3)38-27(36)16-35(39-23-14-20(31)13-21(32)15-23)22-5-7-26-17(11-22)8-9-34(26)28(37)25-12-18-10-19(30)4-6-24(18)33-25/h4-7,10-15,33H,8-9,16H2,1-3H3. The molecule has 6 nitrogen and oxygen atoms in total. The molecule has 0 saturated carbocycles. The van der Waals surface area contributed by atoms with Crippen molar-refractivity contribution < 1.29 is 14.3 Å². The molecular weight excluding hydrogens is 577 g/mol. The molecule has 0 radical (unpaired) electrons. The zero-order chi connectivity index (χ0) is 27.9. The molecule has 0 bridgehead atoms. The highest BCUT2D eigenvalue weighted by molar-refractivity contribution is 8.00. The third-order valence-electron chi connectivity index (χ3n) is 6.05. The van der Waals surface area contributed by atoms with Gasteiger partial charge in [0.05, 0.1) is 0 Å². The van der Waals surface area contributed by atoms with Crippen LogP contribution in [0.15, 0.2) is 65.6 Å². The molecule has 1 aliphatic heterocycles. The van der Waals surface area contributed by atoms with Crippen molar-refractivity contribution >= 4 is 80.9 Å². The molecule has 2 heterocycles.